The average Bonchev–Trinajstić information content (AvgIpc) is 2.82. The van der Waals surface area contributed by atoms with Crippen LogP contribution in [0.4, 0.5) is 9.59 Å². The first-order valence-corrected chi connectivity index (χ1v) is 11.5. The van der Waals surface area contributed by atoms with Crippen LogP contribution in [0.3, 0.4) is 0 Å². The van der Waals surface area contributed by atoms with E-state index in [0.29, 0.717) is 0 Å². The molecule has 0 saturated carbocycles. The van der Waals surface area contributed by atoms with Gasteiger partial charge < -0.3 is 20.1 Å². The van der Waals surface area contributed by atoms with Gasteiger partial charge >= 0.3 is 18.1 Å². The lowest BCUT2D eigenvalue weighted by molar-refractivity contribution is -0.142. The highest BCUT2D eigenvalue weighted by atomic mass is 16.6. The molecule has 3 N–H and O–H groups in total. The molecule has 10 nitrogen and oxygen atoms in total. The van der Waals surface area contributed by atoms with E-state index in [0.717, 1.165) is 16.1 Å². The Labute approximate surface area is 211 Å². The molecule has 0 aliphatic rings. The molecular weight excluding hydrogens is 464 g/mol. The quantitative estimate of drug-likeness (QED) is 0.380. The van der Waals surface area contributed by atoms with Gasteiger partial charge in [-0.25, -0.2) is 19.4 Å². The number of alkyl carbamates (subject to hydrolysis) is 1. The molecule has 0 spiro atoms. The first kappa shape index (κ1) is 28.2. The standard InChI is InChI=1S/C26H34N4O6/c1-18(23(32)35-5)27-24(33)30(17-20-14-10-7-11-15-20)29-22(31)21(16-19-12-8-6-9-13-19)28-25(34)36-26(2,3)4/h6-15,18,21H,16-17H2,1-5H3,(H,27,33)(H,28,34)(H,29,31)/t18-,21-/m0/s1. The van der Waals surface area contributed by atoms with Gasteiger partial charge in [-0.2, -0.15) is 0 Å². The van der Waals surface area contributed by atoms with Crippen LogP contribution in [0.15, 0.2) is 60.7 Å². The van der Waals surface area contributed by atoms with Gasteiger partial charge in [0, 0.05) is 6.42 Å². The molecule has 194 valence electrons. The van der Waals surface area contributed by atoms with Gasteiger partial charge in [0.25, 0.3) is 5.91 Å². The first-order valence-electron chi connectivity index (χ1n) is 11.5. The Bertz CT molecular complexity index is 1020. The molecule has 2 aromatic carbocycles. The van der Waals surface area contributed by atoms with Crippen molar-refractivity contribution < 1.29 is 28.7 Å². The van der Waals surface area contributed by atoms with Crippen LogP contribution in [0.25, 0.3) is 0 Å². The average molecular weight is 499 g/mol. The summed E-state index contributed by atoms with van der Waals surface area (Å²) < 4.78 is 9.98. The van der Waals surface area contributed by atoms with Gasteiger partial charge in [-0.05, 0) is 38.8 Å². The number of carbonyl (C=O) groups is 4. The predicted octanol–water partition coefficient (Wildman–Crippen LogP) is 2.93. The Morgan fingerprint density at radius 3 is 1.97 bits per heavy atom. The van der Waals surface area contributed by atoms with Gasteiger partial charge in [-0.3, -0.25) is 10.2 Å². The van der Waals surface area contributed by atoms with Gasteiger partial charge in [0.2, 0.25) is 0 Å². The van der Waals surface area contributed by atoms with Crippen molar-refractivity contribution in [2.75, 3.05) is 7.11 Å². The minimum atomic E-state index is -1.05. The van der Waals surface area contributed by atoms with Crippen molar-refractivity contribution in [2.24, 2.45) is 0 Å². The number of methoxy groups -OCH3 is 1. The summed E-state index contributed by atoms with van der Waals surface area (Å²) in [7, 11) is 1.21. The van der Waals surface area contributed by atoms with Crippen LogP contribution in [-0.2, 0) is 32.0 Å². The molecule has 0 aromatic heterocycles. The van der Waals surface area contributed by atoms with Crippen molar-refractivity contribution in [1.29, 1.82) is 0 Å². The van der Waals surface area contributed by atoms with Crippen LogP contribution in [0, 0.1) is 0 Å². The maximum absolute atomic E-state index is 13.3. The lowest BCUT2D eigenvalue weighted by Gasteiger charge is -2.28. The molecular formula is C26H34N4O6. The second kappa shape index (κ2) is 13.1. The largest absolute Gasteiger partial charge is 0.467 e. The van der Waals surface area contributed by atoms with E-state index in [9.17, 15) is 19.2 Å². The minimum Gasteiger partial charge on any atom is -0.467 e. The van der Waals surface area contributed by atoms with Crippen molar-refractivity contribution >= 4 is 24.0 Å². The Morgan fingerprint density at radius 2 is 1.44 bits per heavy atom. The number of carbonyl (C=O) groups excluding carboxylic acids is 4. The third-order valence-electron chi connectivity index (χ3n) is 4.86. The van der Waals surface area contributed by atoms with E-state index in [1.165, 1.54) is 14.0 Å². The summed E-state index contributed by atoms with van der Waals surface area (Å²) >= 11 is 0. The molecule has 0 unspecified atom stereocenters. The van der Waals surface area contributed by atoms with Crippen molar-refractivity contribution in [1.82, 2.24) is 21.1 Å². The summed E-state index contributed by atoms with van der Waals surface area (Å²) in [5.41, 5.74) is 3.35. The SMILES string of the molecule is COC(=O)[C@H](C)NC(=O)N(Cc1ccccc1)NC(=O)[C@H](Cc1ccccc1)NC(=O)OC(C)(C)C. The number of urea groups is 1. The molecule has 0 saturated heterocycles. The van der Waals surface area contributed by atoms with Crippen LogP contribution in [0.1, 0.15) is 38.8 Å². The van der Waals surface area contributed by atoms with E-state index in [4.69, 9.17) is 4.74 Å². The molecule has 36 heavy (non-hydrogen) atoms. The Hall–Kier alpha value is -4.08. The van der Waals surface area contributed by atoms with Crippen LogP contribution >= 0.6 is 0 Å². The van der Waals surface area contributed by atoms with Gasteiger partial charge in [0.1, 0.15) is 17.7 Å². The third kappa shape index (κ3) is 9.65. The highest BCUT2D eigenvalue weighted by Crippen LogP contribution is 2.10. The zero-order valence-corrected chi connectivity index (χ0v) is 21.2. The van der Waals surface area contributed by atoms with E-state index in [-0.39, 0.29) is 13.0 Å². The lowest BCUT2D eigenvalue weighted by Crippen LogP contribution is -2.58. The zero-order chi connectivity index (χ0) is 26.7. The number of esters is 1. The summed E-state index contributed by atoms with van der Waals surface area (Å²) in [4.78, 5) is 50.6. The fraction of sp³-hybridized carbons (Fsp3) is 0.385. The van der Waals surface area contributed by atoms with Gasteiger partial charge in [-0.1, -0.05) is 60.7 Å². The van der Waals surface area contributed by atoms with E-state index in [2.05, 4.69) is 20.8 Å². The predicted molar refractivity (Wildman–Crippen MR) is 133 cm³/mol. The summed E-state index contributed by atoms with van der Waals surface area (Å²) in [6, 6.07) is 15.4. The highest BCUT2D eigenvalue weighted by Gasteiger charge is 2.28. The van der Waals surface area contributed by atoms with Crippen molar-refractivity contribution in [3.63, 3.8) is 0 Å². The molecule has 4 amide bonds. The number of amides is 4. The number of rotatable bonds is 8. The molecule has 0 fully saturated rings. The number of nitrogens with zero attached hydrogens (tertiary/aromatic N) is 1. The smallest absolute Gasteiger partial charge is 0.408 e. The van der Waals surface area contributed by atoms with Crippen molar-refractivity contribution in [3.8, 4) is 0 Å². The minimum absolute atomic E-state index is 0.0107. The molecule has 2 atom stereocenters. The van der Waals surface area contributed by atoms with Crippen LogP contribution < -0.4 is 16.1 Å². The molecule has 0 heterocycles. The fourth-order valence-electron chi connectivity index (χ4n) is 3.15. The summed E-state index contributed by atoms with van der Waals surface area (Å²) in [6.45, 7) is 6.62. The molecule has 0 aliphatic heterocycles. The molecule has 0 aliphatic carbocycles. The Kier molecular flexibility index (Phi) is 10.3. The van der Waals surface area contributed by atoms with Crippen LogP contribution in [0.5, 0.6) is 0 Å². The van der Waals surface area contributed by atoms with Crippen LogP contribution in [0.2, 0.25) is 0 Å². The van der Waals surface area contributed by atoms with Gasteiger partial charge in [0.15, 0.2) is 0 Å². The lowest BCUT2D eigenvalue weighted by atomic mass is 10.1. The monoisotopic (exact) mass is 498 g/mol. The number of ether oxygens (including phenoxy) is 2. The van der Waals surface area contributed by atoms with E-state index in [1.807, 2.05) is 36.4 Å². The van der Waals surface area contributed by atoms with Crippen molar-refractivity contribution in [2.45, 2.75) is 58.3 Å². The fourth-order valence-corrected chi connectivity index (χ4v) is 3.15. The third-order valence-corrected chi connectivity index (χ3v) is 4.86. The van der Waals surface area contributed by atoms with Crippen molar-refractivity contribution in [3.05, 3.63) is 71.8 Å². The molecule has 2 aromatic rings. The van der Waals surface area contributed by atoms with E-state index >= 15 is 0 Å². The molecule has 2 rings (SSSR count). The van der Waals surface area contributed by atoms with Gasteiger partial charge in [-0.15, -0.1) is 0 Å². The van der Waals surface area contributed by atoms with Gasteiger partial charge in [0.05, 0.1) is 13.7 Å². The summed E-state index contributed by atoms with van der Waals surface area (Å²) in [6.07, 6.45) is -0.609. The summed E-state index contributed by atoms with van der Waals surface area (Å²) in [5.74, 6) is -1.27. The number of hydrogen-bond acceptors (Lipinski definition) is 6. The normalized spacial score (nSPS) is 12.5. The topological polar surface area (TPSA) is 126 Å². The zero-order valence-electron chi connectivity index (χ0n) is 21.2. The number of hydrogen-bond donors (Lipinski definition) is 3. The first-order chi connectivity index (χ1) is 17.0. The Balaban J connectivity index is 2.25. The summed E-state index contributed by atoms with van der Waals surface area (Å²) in [5, 5.41) is 6.14. The maximum atomic E-state index is 13.3. The highest BCUT2D eigenvalue weighted by molar-refractivity contribution is 5.89. The number of hydrazine groups is 1. The molecule has 0 radical (unpaired) electrons. The second-order valence-electron chi connectivity index (χ2n) is 9.13. The maximum Gasteiger partial charge on any atom is 0.408 e. The van der Waals surface area contributed by atoms with E-state index < -0.39 is 41.7 Å². The second-order valence-corrected chi connectivity index (χ2v) is 9.13. The van der Waals surface area contributed by atoms with Crippen LogP contribution in [-0.4, -0.2) is 53.8 Å². The van der Waals surface area contributed by atoms with E-state index in [1.54, 1.807) is 45.0 Å². The number of benzene rings is 2. The molecule has 0 bridgehead atoms. The Morgan fingerprint density at radius 1 is 0.889 bits per heavy atom. The number of nitrogens with one attached hydrogen (secondary N) is 3. The molecule has 10 heteroatoms.